The Labute approximate surface area is 139 Å². The first-order chi connectivity index (χ1) is 11.6. The summed E-state index contributed by atoms with van der Waals surface area (Å²) >= 11 is 0. The van der Waals surface area contributed by atoms with Gasteiger partial charge in [0.25, 0.3) is 0 Å². The first-order valence-electron chi connectivity index (χ1n) is 8.50. The standard InChI is InChI=1S/C17H21N5O2/c1-22-14-8-13(10-4-6-18-7-5-10)19-9-12(14)16(21-22)11-2-3-15(23)20-17(11)24/h8-11,18H,2-7H2,1H3,(H,20,23,24). The molecule has 1 unspecified atom stereocenters. The maximum atomic E-state index is 12.2. The molecule has 7 heteroatoms. The van der Waals surface area contributed by atoms with E-state index in [1.54, 1.807) is 0 Å². The van der Waals surface area contributed by atoms with Crippen LogP contribution in [0.5, 0.6) is 0 Å². The van der Waals surface area contributed by atoms with Gasteiger partial charge in [-0.2, -0.15) is 5.10 Å². The maximum absolute atomic E-state index is 12.2. The van der Waals surface area contributed by atoms with Gasteiger partial charge in [-0.15, -0.1) is 0 Å². The zero-order chi connectivity index (χ0) is 16.7. The molecule has 0 bridgehead atoms. The van der Waals surface area contributed by atoms with Crippen molar-refractivity contribution < 1.29 is 9.59 Å². The summed E-state index contributed by atoms with van der Waals surface area (Å²) in [6.07, 6.45) is 4.90. The molecule has 7 nitrogen and oxygen atoms in total. The third-order valence-corrected chi connectivity index (χ3v) is 5.11. The Balaban J connectivity index is 1.71. The van der Waals surface area contributed by atoms with E-state index >= 15 is 0 Å². The van der Waals surface area contributed by atoms with Crippen molar-refractivity contribution in [2.75, 3.05) is 13.1 Å². The number of imide groups is 1. The maximum Gasteiger partial charge on any atom is 0.235 e. The van der Waals surface area contributed by atoms with Crippen LogP contribution < -0.4 is 10.6 Å². The molecule has 4 rings (SSSR count). The van der Waals surface area contributed by atoms with E-state index in [4.69, 9.17) is 0 Å². The molecule has 126 valence electrons. The molecule has 2 fully saturated rings. The highest BCUT2D eigenvalue weighted by atomic mass is 16.2. The zero-order valence-electron chi connectivity index (χ0n) is 13.7. The van der Waals surface area contributed by atoms with Crippen LogP contribution >= 0.6 is 0 Å². The largest absolute Gasteiger partial charge is 0.317 e. The van der Waals surface area contributed by atoms with Gasteiger partial charge in [0, 0.05) is 36.7 Å². The number of nitrogens with one attached hydrogen (secondary N) is 2. The van der Waals surface area contributed by atoms with Crippen LogP contribution in [-0.4, -0.2) is 39.7 Å². The molecule has 2 aromatic rings. The normalized spacial score (nSPS) is 22.8. The van der Waals surface area contributed by atoms with Gasteiger partial charge in [0.05, 0.1) is 17.1 Å². The van der Waals surface area contributed by atoms with Crippen molar-refractivity contribution in [2.24, 2.45) is 7.05 Å². The second-order valence-electron chi connectivity index (χ2n) is 6.66. The average Bonchev–Trinajstić information content (AvgIpc) is 2.92. The number of carbonyl (C=O) groups excluding carboxylic acids is 2. The molecule has 1 atom stereocenters. The lowest BCUT2D eigenvalue weighted by Gasteiger charge is -2.22. The lowest BCUT2D eigenvalue weighted by atomic mass is 9.91. The highest BCUT2D eigenvalue weighted by Gasteiger charge is 2.32. The molecule has 2 amide bonds. The van der Waals surface area contributed by atoms with Gasteiger partial charge in [0.1, 0.15) is 0 Å². The van der Waals surface area contributed by atoms with Gasteiger partial charge in [-0.1, -0.05) is 0 Å². The van der Waals surface area contributed by atoms with Crippen molar-refractivity contribution in [1.29, 1.82) is 0 Å². The lowest BCUT2D eigenvalue weighted by molar-refractivity contribution is -0.134. The number of amides is 2. The van der Waals surface area contributed by atoms with E-state index in [1.807, 2.05) is 17.9 Å². The summed E-state index contributed by atoms with van der Waals surface area (Å²) in [4.78, 5) is 28.2. The topological polar surface area (TPSA) is 88.9 Å². The van der Waals surface area contributed by atoms with Crippen LogP contribution in [0, 0.1) is 0 Å². The molecular formula is C17H21N5O2. The van der Waals surface area contributed by atoms with E-state index in [1.165, 1.54) is 0 Å². The predicted octanol–water partition coefficient (Wildman–Crippen LogP) is 0.955. The average molecular weight is 327 g/mol. The van der Waals surface area contributed by atoms with E-state index in [9.17, 15) is 9.59 Å². The first-order valence-corrected chi connectivity index (χ1v) is 8.50. The number of fused-ring (bicyclic) bond motifs is 1. The van der Waals surface area contributed by atoms with Gasteiger partial charge in [-0.05, 0) is 38.4 Å². The van der Waals surface area contributed by atoms with Crippen LogP contribution in [0.15, 0.2) is 12.3 Å². The molecule has 2 aromatic heterocycles. The third kappa shape index (κ3) is 2.58. The Morgan fingerprint density at radius 1 is 1.21 bits per heavy atom. The van der Waals surface area contributed by atoms with Gasteiger partial charge in [0.15, 0.2) is 0 Å². The van der Waals surface area contributed by atoms with Crippen LogP contribution in [0.2, 0.25) is 0 Å². The summed E-state index contributed by atoms with van der Waals surface area (Å²) in [5.74, 6) is -0.362. The molecule has 2 aliphatic rings. The quantitative estimate of drug-likeness (QED) is 0.802. The van der Waals surface area contributed by atoms with E-state index < -0.39 is 0 Å². The van der Waals surface area contributed by atoms with Crippen molar-refractivity contribution in [3.63, 3.8) is 0 Å². The molecule has 4 heterocycles. The lowest BCUT2D eigenvalue weighted by Crippen LogP contribution is -2.39. The highest BCUT2D eigenvalue weighted by Crippen LogP contribution is 2.32. The summed E-state index contributed by atoms with van der Waals surface area (Å²) in [7, 11) is 1.89. The van der Waals surface area contributed by atoms with Crippen LogP contribution in [0.3, 0.4) is 0 Å². The molecule has 2 saturated heterocycles. The molecule has 0 aromatic carbocycles. The number of aryl methyl sites for hydroxylation is 1. The Morgan fingerprint density at radius 3 is 2.75 bits per heavy atom. The van der Waals surface area contributed by atoms with Crippen molar-refractivity contribution in [3.05, 3.63) is 23.7 Å². The fourth-order valence-corrected chi connectivity index (χ4v) is 3.75. The van der Waals surface area contributed by atoms with Gasteiger partial charge in [-0.3, -0.25) is 24.6 Å². The second kappa shape index (κ2) is 5.98. The van der Waals surface area contributed by atoms with Crippen LogP contribution in [0.1, 0.15) is 48.9 Å². The van der Waals surface area contributed by atoms with Crippen LogP contribution in [0.4, 0.5) is 0 Å². The third-order valence-electron chi connectivity index (χ3n) is 5.11. The Kier molecular flexibility index (Phi) is 3.80. The number of nitrogens with zero attached hydrogens (tertiary/aromatic N) is 3. The van der Waals surface area contributed by atoms with Crippen molar-refractivity contribution >= 4 is 22.7 Å². The summed E-state index contributed by atoms with van der Waals surface area (Å²) in [5.41, 5.74) is 2.82. The van der Waals surface area contributed by atoms with Crippen molar-refractivity contribution in [1.82, 2.24) is 25.4 Å². The van der Waals surface area contributed by atoms with E-state index in [-0.39, 0.29) is 17.7 Å². The minimum atomic E-state index is -0.377. The van der Waals surface area contributed by atoms with Crippen LogP contribution in [0.25, 0.3) is 10.9 Å². The highest BCUT2D eigenvalue weighted by molar-refractivity contribution is 6.02. The summed E-state index contributed by atoms with van der Waals surface area (Å²) in [6, 6.07) is 2.10. The summed E-state index contributed by atoms with van der Waals surface area (Å²) in [6.45, 7) is 2.05. The molecule has 24 heavy (non-hydrogen) atoms. The number of aromatic nitrogens is 3. The number of carbonyl (C=O) groups is 2. The summed E-state index contributed by atoms with van der Waals surface area (Å²) < 4.78 is 1.82. The molecular weight excluding hydrogens is 306 g/mol. The fraction of sp³-hybridized carbons (Fsp3) is 0.529. The predicted molar refractivity (Wildman–Crippen MR) is 88.5 cm³/mol. The number of pyridine rings is 1. The fourth-order valence-electron chi connectivity index (χ4n) is 3.75. The number of hydrogen-bond acceptors (Lipinski definition) is 5. The molecule has 2 N–H and O–H groups in total. The molecule has 2 aliphatic heterocycles. The zero-order valence-corrected chi connectivity index (χ0v) is 13.7. The van der Waals surface area contributed by atoms with Crippen molar-refractivity contribution in [2.45, 2.75) is 37.5 Å². The second-order valence-corrected chi connectivity index (χ2v) is 6.66. The first kappa shape index (κ1) is 15.3. The summed E-state index contributed by atoms with van der Waals surface area (Å²) in [5, 5.41) is 11.3. The Hall–Kier alpha value is -2.28. The van der Waals surface area contributed by atoms with Gasteiger partial charge in [0.2, 0.25) is 11.8 Å². The van der Waals surface area contributed by atoms with E-state index in [2.05, 4.69) is 26.8 Å². The van der Waals surface area contributed by atoms with Crippen LogP contribution in [-0.2, 0) is 16.6 Å². The van der Waals surface area contributed by atoms with Crippen molar-refractivity contribution in [3.8, 4) is 0 Å². The van der Waals surface area contributed by atoms with E-state index in [0.29, 0.717) is 18.8 Å². The number of hydrogen-bond donors (Lipinski definition) is 2. The number of piperidine rings is 2. The monoisotopic (exact) mass is 327 g/mol. The Morgan fingerprint density at radius 2 is 2.00 bits per heavy atom. The minimum absolute atomic E-state index is 0.206. The van der Waals surface area contributed by atoms with Gasteiger partial charge < -0.3 is 5.32 Å². The minimum Gasteiger partial charge on any atom is -0.317 e. The van der Waals surface area contributed by atoms with Gasteiger partial charge in [-0.25, -0.2) is 0 Å². The molecule has 0 radical (unpaired) electrons. The Bertz CT molecular complexity index is 807. The molecule has 0 spiro atoms. The molecule has 0 aliphatic carbocycles. The van der Waals surface area contributed by atoms with E-state index in [0.717, 1.165) is 48.2 Å². The SMILES string of the molecule is Cn1nc(C2CCC(=O)NC2=O)c2cnc(C3CCNCC3)cc21. The molecule has 0 saturated carbocycles. The smallest absolute Gasteiger partial charge is 0.235 e. The number of rotatable bonds is 2. The van der Waals surface area contributed by atoms with Gasteiger partial charge >= 0.3 is 0 Å².